The number of rotatable bonds is 7. The summed E-state index contributed by atoms with van der Waals surface area (Å²) in [6, 6.07) is 0.675. The molecular weight excluding hydrogens is 202 g/mol. The number of nitrogens with one attached hydrogen (secondary N) is 1. The van der Waals surface area contributed by atoms with Crippen LogP contribution in [0.15, 0.2) is 0 Å². The van der Waals surface area contributed by atoms with Crippen LogP contribution < -0.4 is 5.32 Å². The molecule has 2 rings (SSSR count). The van der Waals surface area contributed by atoms with Gasteiger partial charge in [0.05, 0.1) is 19.3 Å². The van der Waals surface area contributed by atoms with Gasteiger partial charge in [0.1, 0.15) is 0 Å². The van der Waals surface area contributed by atoms with Gasteiger partial charge < -0.3 is 14.8 Å². The first-order valence-electron chi connectivity index (χ1n) is 6.79. The van der Waals surface area contributed by atoms with E-state index in [0.29, 0.717) is 12.1 Å². The lowest BCUT2D eigenvalue weighted by Crippen LogP contribution is -2.32. The van der Waals surface area contributed by atoms with E-state index in [4.69, 9.17) is 9.47 Å². The highest BCUT2D eigenvalue weighted by atomic mass is 16.5. The summed E-state index contributed by atoms with van der Waals surface area (Å²) in [5, 5.41) is 3.52. The molecule has 0 aromatic heterocycles. The summed E-state index contributed by atoms with van der Waals surface area (Å²) in [4.78, 5) is 0. The lowest BCUT2D eigenvalue weighted by atomic mass is 10.1. The maximum absolute atomic E-state index is 5.64. The van der Waals surface area contributed by atoms with Gasteiger partial charge in [0.15, 0.2) is 0 Å². The molecule has 94 valence electrons. The molecule has 0 spiro atoms. The number of hydrogen-bond donors (Lipinski definition) is 1. The van der Waals surface area contributed by atoms with Crippen molar-refractivity contribution in [1.29, 1.82) is 0 Å². The minimum atomic E-state index is 0.356. The number of ether oxygens (including phenoxy) is 2. The minimum Gasteiger partial charge on any atom is -0.377 e. The van der Waals surface area contributed by atoms with E-state index in [1.54, 1.807) is 0 Å². The fraction of sp³-hybridized carbons (Fsp3) is 1.00. The van der Waals surface area contributed by atoms with Gasteiger partial charge in [-0.15, -0.1) is 0 Å². The van der Waals surface area contributed by atoms with Crippen LogP contribution in [0.3, 0.4) is 0 Å². The zero-order chi connectivity index (χ0) is 11.2. The second-order valence-electron chi connectivity index (χ2n) is 5.14. The van der Waals surface area contributed by atoms with Gasteiger partial charge in [-0.25, -0.2) is 0 Å². The maximum Gasteiger partial charge on any atom is 0.0808 e. The average molecular weight is 227 g/mol. The van der Waals surface area contributed by atoms with Crippen LogP contribution in [0.2, 0.25) is 0 Å². The van der Waals surface area contributed by atoms with Crippen molar-refractivity contribution in [2.24, 2.45) is 5.92 Å². The Labute approximate surface area is 98.9 Å². The monoisotopic (exact) mass is 227 g/mol. The number of hydrogen-bond acceptors (Lipinski definition) is 3. The van der Waals surface area contributed by atoms with E-state index in [9.17, 15) is 0 Å². The quantitative estimate of drug-likeness (QED) is 0.674. The Balaban J connectivity index is 1.42. The second-order valence-corrected chi connectivity index (χ2v) is 5.14. The molecule has 16 heavy (non-hydrogen) atoms. The smallest absolute Gasteiger partial charge is 0.0808 e. The Hall–Kier alpha value is -0.120. The molecule has 2 unspecified atom stereocenters. The first-order chi connectivity index (χ1) is 7.86. The Bertz CT molecular complexity index is 188. The summed E-state index contributed by atoms with van der Waals surface area (Å²) in [6.45, 7) is 5.77. The van der Waals surface area contributed by atoms with E-state index in [-0.39, 0.29) is 0 Å². The molecule has 3 heteroatoms. The normalized spacial score (nSPS) is 27.9. The summed E-state index contributed by atoms with van der Waals surface area (Å²) >= 11 is 0. The second kappa shape index (κ2) is 6.58. The van der Waals surface area contributed by atoms with Crippen LogP contribution in [0, 0.1) is 5.92 Å². The van der Waals surface area contributed by atoms with Crippen LogP contribution in [0.5, 0.6) is 0 Å². The molecule has 2 atom stereocenters. The fourth-order valence-electron chi connectivity index (χ4n) is 2.28. The molecule has 0 aromatic rings. The zero-order valence-corrected chi connectivity index (χ0v) is 10.4. The van der Waals surface area contributed by atoms with Crippen molar-refractivity contribution < 1.29 is 9.47 Å². The van der Waals surface area contributed by atoms with Crippen LogP contribution in [0.4, 0.5) is 0 Å². The molecule has 1 aliphatic heterocycles. The van der Waals surface area contributed by atoms with E-state index in [2.05, 4.69) is 12.2 Å². The highest BCUT2D eigenvalue weighted by Crippen LogP contribution is 2.32. The van der Waals surface area contributed by atoms with Gasteiger partial charge in [-0.1, -0.05) is 0 Å². The highest BCUT2D eigenvalue weighted by Gasteiger charge is 2.27. The van der Waals surface area contributed by atoms with Crippen molar-refractivity contribution in [2.45, 2.75) is 51.2 Å². The van der Waals surface area contributed by atoms with Crippen molar-refractivity contribution >= 4 is 0 Å². The summed E-state index contributed by atoms with van der Waals surface area (Å²) < 4.78 is 11.2. The topological polar surface area (TPSA) is 30.5 Å². The average Bonchev–Trinajstić information content (AvgIpc) is 3.13. The third kappa shape index (κ3) is 4.40. The van der Waals surface area contributed by atoms with Gasteiger partial charge in [-0.05, 0) is 44.9 Å². The molecule has 1 saturated carbocycles. The molecule has 0 amide bonds. The summed E-state index contributed by atoms with van der Waals surface area (Å²) in [5.74, 6) is 0.932. The largest absolute Gasteiger partial charge is 0.377 e. The zero-order valence-electron chi connectivity index (χ0n) is 10.4. The van der Waals surface area contributed by atoms with Gasteiger partial charge in [0.2, 0.25) is 0 Å². The van der Waals surface area contributed by atoms with Crippen molar-refractivity contribution in [3.63, 3.8) is 0 Å². The van der Waals surface area contributed by atoms with E-state index in [0.717, 1.165) is 32.3 Å². The summed E-state index contributed by atoms with van der Waals surface area (Å²) in [5.41, 5.74) is 0. The predicted molar refractivity (Wildman–Crippen MR) is 64.6 cm³/mol. The van der Waals surface area contributed by atoms with E-state index >= 15 is 0 Å². The van der Waals surface area contributed by atoms with Crippen LogP contribution in [0.1, 0.15) is 39.0 Å². The predicted octanol–water partition coefficient (Wildman–Crippen LogP) is 1.96. The molecule has 1 heterocycles. The lowest BCUT2D eigenvalue weighted by Gasteiger charge is -2.22. The fourth-order valence-corrected chi connectivity index (χ4v) is 2.28. The molecule has 1 saturated heterocycles. The van der Waals surface area contributed by atoms with E-state index in [1.165, 1.54) is 32.1 Å². The first-order valence-corrected chi connectivity index (χ1v) is 6.79. The van der Waals surface area contributed by atoms with Crippen LogP contribution in [-0.2, 0) is 9.47 Å². The van der Waals surface area contributed by atoms with Crippen molar-refractivity contribution in [2.75, 3.05) is 26.4 Å². The Morgan fingerprint density at radius 1 is 1.31 bits per heavy atom. The Morgan fingerprint density at radius 2 is 2.19 bits per heavy atom. The SMILES string of the molecule is CC(NCCOCC1CCCCO1)C1CC1. The summed E-state index contributed by atoms with van der Waals surface area (Å²) in [6.07, 6.45) is 6.86. The maximum atomic E-state index is 5.64. The van der Waals surface area contributed by atoms with Gasteiger partial charge >= 0.3 is 0 Å². The van der Waals surface area contributed by atoms with E-state index in [1.807, 2.05) is 0 Å². The molecule has 2 aliphatic rings. The Morgan fingerprint density at radius 3 is 2.88 bits per heavy atom. The third-order valence-electron chi connectivity index (χ3n) is 3.62. The van der Waals surface area contributed by atoms with Gasteiger partial charge in [0.25, 0.3) is 0 Å². The van der Waals surface area contributed by atoms with Gasteiger partial charge in [-0.2, -0.15) is 0 Å². The molecule has 0 aromatic carbocycles. The molecule has 0 bridgehead atoms. The Kier molecular flexibility index (Phi) is 5.07. The van der Waals surface area contributed by atoms with Crippen LogP contribution in [-0.4, -0.2) is 38.5 Å². The molecule has 1 N–H and O–H groups in total. The first kappa shape index (κ1) is 12.3. The lowest BCUT2D eigenvalue weighted by molar-refractivity contribution is -0.0401. The standard InChI is InChI=1S/C13H25NO2/c1-11(12-5-6-12)14-7-9-15-10-13-4-2-3-8-16-13/h11-14H,2-10H2,1H3. The van der Waals surface area contributed by atoms with E-state index < -0.39 is 0 Å². The van der Waals surface area contributed by atoms with Crippen LogP contribution >= 0.6 is 0 Å². The van der Waals surface area contributed by atoms with Crippen molar-refractivity contribution in [3.8, 4) is 0 Å². The minimum absolute atomic E-state index is 0.356. The highest BCUT2D eigenvalue weighted by molar-refractivity contribution is 4.82. The van der Waals surface area contributed by atoms with Crippen LogP contribution in [0.25, 0.3) is 0 Å². The molecule has 1 aliphatic carbocycles. The van der Waals surface area contributed by atoms with Crippen molar-refractivity contribution in [3.05, 3.63) is 0 Å². The summed E-state index contributed by atoms with van der Waals surface area (Å²) in [7, 11) is 0. The molecule has 2 fully saturated rings. The molecular formula is C13H25NO2. The van der Waals surface area contributed by atoms with Gasteiger partial charge in [0, 0.05) is 19.2 Å². The van der Waals surface area contributed by atoms with Crippen molar-refractivity contribution in [1.82, 2.24) is 5.32 Å². The van der Waals surface area contributed by atoms with Gasteiger partial charge in [-0.3, -0.25) is 0 Å². The molecule has 0 radical (unpaired) electrons. The molecule has 3 nitrogen and oxygen atoms in total. The third-order valence-corrected chi connectivity index (χ3v) is 3.62.